The minimum atomic E-state index is 0.505. The quantitative estimate of drug-likeness (QED) is 0.602. The van der Waals surface area contributed by atoms with Crippen molar-refractivity contribution in [2.75, 3.05) is 6.54 Å². The van der Waals surface area contributed by atoms with E-state index in [1.54, 1.807) is 0 Å². The molecule has 0 saturated heterocycles. The molecule has 0 atom stereocenters. The van der Waals surface area contributed by atoms with Crippen molar-refractivity contribution >= 4 is 5.96 Å². The Hall–Kier alpha value is -1.59. The second-order valence-electron chi connectivity index (χ2n) is 4.60. The van der Waals surface area contributed by atoms with Crippen LogP contribution >= 0.6 is 0 Å². The van der Waals surface area contributed by atoms with E-state index < -0.39 is 0 Å². The van der Waals surface area contributed by atoms with Gasteiger partial charge in [-0.15, -0.1) is 0 Å². The van der Waals surface area contributed by atoms with Gasteiger partial charge in [0, 0.05) is 25.4 Å². The minimum absolute atomic E-state index is 0.505. The number of rotatable bonds is 5. The molecule has 1 aliphatic rings. The molecule has 0 aromatic carbocycles. The highest BCUT2D eigenvalue weighted by Crippen LogP contribution is 2.17. The fraction of sp³-hybridized carbons (Fsp3) is 0.750. The maximum atomic E-state index is 5.82. The highest BCUT2D eigenvalue weighted by Gasteiger charge is 2.14. The molecular weight excluding hydrogens is 230 g/mol. The van der Waals surface area contributed by atoms with Gasteiger partial charge >= 0.3 is 0 Å². The molecule has 0 aliphatic heterocycles. The molecule has 6 heteroatoms. The van der Waals surface area contributed by atoms with E-state index in [0.29, 0.717) is 36.7 Å². The summed E-state index contributed by atoms with van der Waals surface area (Å²) in [6.07, 6.45) is 6.39. The molecule has 0 bridgehead atoms. The molecule has 2 rings (SSSR count). The van der Waals surface area contributed by atoms with Crippen LogP contribution in [0, 0.1) is 0 Å². The van der Waals surface area contributed by atoms with E-state index in [1.165, 1.54) is 25.7 Å². The SMILES string of the molecule is CCc1nc(CCN=C(N)NC2CCCC2)no1. The standard InChI is InChI=1S/C12H21N5O/c1-2-11-16-10(17-18-11)7-8-14-12(13)15-9-5-3-4-6-9/h9H,2-8H2,1H3,(H3,13,14,15). The highest BCUT2D eigenvalue weighted by atomic mass is 16.5. The molecule has 0 spiro atoms. The van der Waals surface area contributed by atoms with Crippen LogP contribution in [-0.4, -0.2) is 28.7 Å². The lowest BCUT2D eigenvalue weighted by molar-refractivity contribution is 0.376. The van der Waals surface area contributed by atoms with E-state index in [4.69, 9.17) is 10.3 Å². The molecule has 3 N–H and O–H groups in total. The van der Waals surface area contributed by atoms with E-state index in [0.717, 1.165) is 6.42 Å². The lowest BCUT2D eigenvalue weighted by Crippen LogP contribution is -2.38. The molecule has 1 aromatic rings. The molecule has 18 heavy (non-hydrogen) atoms. The average molecular weight is 251 g/mol. The van der Waals surface area contributed by atoms with Crippen molar-refractivity contribution in [2.24, 2.45) is 10.7 Å². The largest absolute Gasteiger partial charge is 0.370 e. The van der Waals surface area contributed by atoms with Crippen LogP contribution in [0.3, 0.4) is 0 Å². The Labute approximate surface area is 107 Å². The minimum Gasteiger partial charge on any atom is -0.370 e. The fourth-order valence-corrected chi connectivity index (χ4v) is 2.14. The first-order valence-corrected chi connectivity index (χ1v) is 6.66. The number of aryl methyl sites for hydroxylation is 1. The van der Waals surface area contributed by atoms with Crippen molar-refractivity contribution in [1.82, 2.24) is 15.5 Å². The van der Waals surface area contributed by atoms with E-state index in [2.05, 4.69) is 20.4 Å². The summed E-state index contributed by atoms with van der Waals surface area (Å²) in [6, 6.07) is 0.505. The van der Waals surface area contributed by atoms with Crippen LogP contribution < -0.4 is 11.1 Å². The van der Waals surface area contributed by atoms with Crippen LogP contribution in [0.25, 0.3) is 0 Å². The van der Waals surface area contributed by atoms with Crippen molar-refractivity contribution in [3.63, 3.8) is 0 Å². The van der Waals surface area contributed by atoms with Crippen LogP contribution in [0.1, 0.15) is 44.3 Å². The molecular formula is C12H21N5O. The first kappa shape index (κ1) is 12.9. The summed E-state index contributed by atoms with van der Waals surface area (Å²) in [5.74, 6) is 1.90. The van der Waals surface area contributed by atoms with E-state index >= 15 is 0 Å². The first-order chi connectivity index (χ1) is 8.78. The third-order valence-electron chi connectivity index (χ3n) is 3.14. The number of hydrogen-bond acceptors (Lipinski definition) is 4. The van der Waals surface area contributed by atoms with Gasteiger partial charge in [0.2, 0.25) is 5.89 Å². The number of aromatic nitrogens is 2. The summed E-state index contributed by atoms with van der Waals surface area (Å²) in [5.41, 5.74) is 5.82. The summed E-state index contributed by atoms with van der Waals surface area (Å²) in [6.45, 7) is 2.58. The average Bonchev–Trinajstić information content (AvgIpc) is 3.00. The zero-order valence-corrected chi connectivity index (χ0v) is 10.9. The van der Waals surface area contributed by atoms with Crippen molar-refractivity contribution in [1.29, 1.82) is 0 Å². The third kappa shape index (κ3) is 3.72. The molecule has 100 valence electrons. The van der Waals surface area contributed by atoms with Gasteiger partial charge in [-0.3, -0.25) is 4.99 Å². The number of nitrogens with zero attached hydrogens (tertiary/aromatic N) is 3. The van der Waals surface area contributed by atoms with Crippen LogP contribution in [-0.2, 0) is 12.8 Å². The Morgan fingerprint density at radius 1 is 1.50 bits per heavy atom. The van der Waals surface area contributed by atoms with Gasteiger partial charge in [-0.25, -0.2) is 0 Å². The Kier molecular flexibility index (Phi) is 4.55. The van der Waals surface area contributed by atoms with Crippen LogP contribution in [0.4, 0.5) is 0 Å². The van der Waals surface area contributed by atoms with Crippen molar-refractivity contribution in [3.8, 4) is 0 Å². The summed E-state index contributed by atoms with van der Waals surface area (Å²) >= 11 is 0. The van der Waals surface area contributed by atoms with Gasteiger partial charge < -0.3 is 15.6 Å². The molecule has 1 heterocycles. The zero-order chi connectivity index (χ0) is 12.8. The number of hydrogen-bond donors (Lipinski definition) is 2. The van der Waals surface area contributed by atoms with Gasteiger partial charge in [0.05, 0.1) is 0 Å². The lowest BCUT2D eigenvalue weighted by atomic mass is 10.2. The Morgan fingerprint density at radius 2 is 2.28 bits per heavy atom. The maximum absolute atomic E-state index is 5.82. The maximum Gasteiger partial charge on any atom is 0.226 e. The summed E-state index contributed by atoms with van der Waals surface area (Å²) in [7, 11) is 0. The number of nitrogens with one attached hydrogen (secondary N) is 1. The van der Waals surface area contributed by atoms with Crippen LogP contribution in [0.15, 0.2) is 9.52 Å². The van der Waals surface area contributed by atoms with Gasteiger partial charge in [0.25, 0.3) is 0 Å². The third-order valence-corrected chi connectivity index (χ3v) is 3.14. The van der Waals surface area contributed by atoms with Gasteiger partial charge in [0.15, 0.2) is 11.8 Å². The summed E-state index contributed by atoms with van der Waals surface area (Å²) in [5, 5.41) is 7.12. The smallest absolute Gasteiger partial charge is 0.226 e. The second kappa shape index (κ2) is 6.37. The highest BCUT2D eigenvalue weighted by molar-refractivity contribution is 5.78. The van der Waals surface area contributed by atoms with Gasteiger partial charge in [0.1, 0.15) is 0 Å². The fourth-order valence-electron chi connectivity index (χ4n) is 2.14. The molecule has 1 fully saturated rings. The Bertz CT molecular complexity index is 395. The van der Waals surface area contributed by atoms with Crippen molar-refractivity contribution in [2.45, 2.75) is 51.5 Å². The molecule has 1 saturated carbocycles. The predicted octanol–water partition coefficient (Wildman–Crippen LogP) is 1.02. The van der Waals surface area contributed by atoms with Gasteiger partial charge in [-0.05, 0) is 12.8 Å². The molecule has 0 radical (unpaired) electrons. The molecule has 1 aliphatic carbocycles. The van der Waals surface area contributed by atoms with Crippen LogP contribution in [0.2, 0.25) is 0 Å². The molecule has 6 nitrogen and oxygen atoms in total. The zero-order valence-electron chi connectivity index (χ0n) is 10.9. The van der Waals surface area contributed by atoms with E-state index in [1.807, 2.05) is 6.92 Å². The van der Waals surface area contributed by atoms with Gasteiger partial charge in [-0.2, -0.15) is 4.98 Å². The normalized spacial score (nSPS) is 17.3. The summed E-state index contributed by atoms with van der Waals surface area (Å²) in [4.78, 5) is 8.50. The molecule has 0 amide bonds. The van der Waals surface area contributed by atoms with Gasteiger partial charge in [-0.1, -0.05) is 24.9 Å². The molecule has 1 aromatic heterocycles. The number of aliphatic imine (C=N–C) groups is 1. The van der Waals surface area contributed by atoms with E-state index in [9.17, 15) is 0 Å². The lowest BCUT2D eigenvalue weighted by Gasteiger charge is -2.11. The number of guanidine groups is 1. The predicted molar refractivity (Wildman–Crippen MR) is 69.3 cm³/mol. The number of nitrogens with two attached hydrogens (primary N) is 1. The Morgan fingerprint density at radius 3 is 2.94 bits per heavy atom. The monoisotopic (exact) mass is 251 g/mol. The van der Waals surface area contributed by atoms with Crippen molar-refractivity contribution in [3.05, 3.63) is 11.7 Å². The second-order valence-corrected chi connectivity index (χ2v) is 4.60. The topological polar surface area (TPSA) is 89.3 Å². The molecule has 0 unspecified atom stereocenters. The Balaban J connectivity index is 1.72. The first-order valence-electron chi connectivity index (χ1n) is 6.66. The van der Waals surface area contributed by atoms with E-state index in [-0.39, 0.29) is 0 Å². The summed E-state index contributed by atoms with van der Waals surface area (Å²) < 4.78 is 5.02. The van der Waals surface area contributed by atoms with Crippen LogP contribution in [0.5, 0.6) is 0 Å². The van der Waals surface area contributed by atoms with Crippen molar-refractivity contribution < 1.29 is 4.52 Å².